The highest BCUT2D eigenvalue weighted by Crippen LogP contribution is 2.36. The topological polar surface area (TPSA) is 107 Å². The van der Waals surface area contributed by atoms with E-state index >= 15 is 0 Å². The molecule has 1 fully saturated rings. The fourth-order valence-corrected chi connectivity index (χ4v) is 5.77. The van der Waals surface area contributed by atoms with E-state index in [2.05, 4.69) is 19.6 Å². The molecule has 0 spiro atoms. The summed E-state index contributed by atoms with van der Waals surface area (Å²) in [5.74, 6) is -0.216. The summed E-state index contributed by atoms with van der Waals surface area (Å²) >= 11 is 0. The van der Waals surface area contributed by atoms with Gasteiger partial charge in [0.2, 0.25) is 0 Å². The highest BCUT2D eigenvalue weighted by molar-refractivity contribution is 5.82. The first kappa shape index (κ1) is 32.2. The number of rotatable bonds is 4. The highest BCUT2D eigenvalue weighted by atomic mass is 16.6. The van der Waals surface area contributed by atoms with Crippen LogP contribution < -0.4 is 0 Å². The van der Waals surface area contributed by atoms with E-state index in [0.29, 0.717) is 25.4 Å². The van der Waals surface area contributed by atoms with Crippen molar-refractivity contribution in [3.63, 3.8) is 0 Å². The summed E-state index contributed by atoms with van der Waals surface area (Å²) in [6, 6.07) is 0. The molecule has 9 heteroatoms. The monoisotopic (exact) mass is 585 g/mol. The number of carbonyl (C=O) groups excluding carboxylic acids is 2. The van der Waals surface area contributed by atoms with Crippen LogP contribution in [0.1, 0.15) is 58.8 Å². The molecular weight excluding hydrogens is 538 g/mol. The summed E-state index contributed by atoms with van der Waals surface area (Å²) in [5.41, 5.74) is 2.20. The van der Waals surface area contributed by atoms with Crippen LogP contribution in [0.4, 0.5) is 4.79 Å². The number of hydrogen-bond acceptors (Lipinski definition) is 8. The molecule has 9 nitrogen and oxygen atoms in total. The zero-order chi connectivity index (χ0) is 30.2. The molecule has 0 aromatic carbocycles. The molecule has 42 heavy (non-hydrogen) atoms. The fraction of sp³-hybridized carbons (Fsp3) is 0.636. The fourth-order valence-electron chi connectivity index (χ4n) is 5.77. The largest absolute Gasteiger partial charge is 0.456 e. The molecule has 0 radical (unpaired) electrons. The van der Waals surface area contributed by atoms with Crippen LogP contribution in [0.3, 0.4) is 0 Å². The van der Waals surface area contributed by atoms with Gasteiger partial charge in [0, 0.05) is 33.0 Å². The van der Waals surface area contributed by atoms with Crippen LogP contribution in [-0.2, 0) is 28.5 Å². The number of amides is 1. The summed E-state index contributed by atoms with van der Waals surface area (Å²) in [4.78, 5) is 26.7. The van der Waals surface area contributed by atoms with Crippen molar-refractivity contribution in [3.8, 4) is 0 Å². The molecule has 0 aliphatic carbocycles. The molecule has 4 aliphatic heterocycles. The summed E-state index contributed by atoms with van der Waals surface area (Å²) in [5, 5.41) is 11.1. The number of carbonyl (C=O) groups is 2. The predicted octanol–water partition coefficient (Wildman–Crippen LogP) is 4.81. The number of cyclic esters (lactones) is 1. The number of ether oxygens (including phenoxy) is 5. The predicted molar refractivity (Wildman–Crippen MR) is 159 cm³/mol. The first-order chi connectivity index (χ1) is 20.1. The lowest BCUT2D eigenvalue weighted by Gasteiger charge is -2.28. The summed E-state index contributed by atoms with van der Waals surface area (Å²) in [7, 11) is 3.27. The number of aliphatic hydroxyl groups excluding tert-OH is 1. The lowest BCUT2D eigenvalue weighted by Crippen LogP contribution is -2.34. The lowest BCUT2D eigenvalue weighted by molar-refractivity contribution is -0.148. The Bertz CT molecular complexity index is 1080. The Morgan fingerprint density at radius 1 is 1.17 bits per heavy atom. The maximum Gasteiger partial charge on any atom is 0.409 e. The quantitative estimate of drug-likeness (QED) is 0.285. The van der Waals surface area contributed by atoms with Crippen molar-refractivity contribution >= 4 is 12.1 Å². The Hall–Kier alpha value is -2.72. The molecule has 1 saturated heterocycles. The zero-order valence-corrected chi connectivity index (χ0v) is 25.4. The van der Waals surface area contributed by atoms with Crippen molar-refractivity contribution in [1.29, 1.82) is 0 Å². The Morgan fingerprint density at radius 2 is 1.98 bits per heavy atom. The van der Waals surface area contributed by atoms with Crippen molar-refractivity contribution in [2.75, 3.05) is 20.7 Å². The number of epoxide rings is 1. The van der Waals surface area contributed by atoms with Crippen LogP contribution in [0.2, 0.25) is 0 Å². The molecule has 0 aromatic heterocycles. The number of hydrogen-bond donors (Lipinski definition) is 1. The first-order valence-corrected chi connectivity index (χ1v) is 15.1. The molecule has 4 rings (SSSR count). The van der Waals surface area contributed by atoms with Crippen LogP contribution in [0.25, 0.3) is 0 Å². The third kappa shape index (κ3) is 9.93. The Kier molecular flexibility index (Phi) is 11.6. The van der Waals surface area contributed by atoms with Crippen LogP contribution >= 0.6 is 0 Å². The van der Waals surface area contributed by atoms with E-state index in [-0.39, 0.29) is 30.8 Å². The number of nitrogens with zero attached hydrogens (tertiary/aromatic N) is 1. The van der Waals surface area contributed by atoms with E-state index in [4.69, 9.17) is 23.7 Å². The minimum atomic E-state index is -1.07. The van der Waals surface area contributed by atoms with Crippen LogP contribution in [-0.4, -0.2) is 91.6 Å². The van der Waals surface area contributed by atoms with Gasteiger partial charge in [0.05, 0.1) is 31.0 Å². The van der Waals surface area contributed by atoms with Crippen molar-refractivity contribution in [2.45, 2.75) is 108 Å². The smallest absolute Gasteiger partial charge is 0.409 e. The standard InChI is InChI=1S/C33H47NO8/c1-21-14-15-38-25(17-21)12-13-27(35)28-20-30-32(41-30)29(42-33(37)34(4)5)19-23(3)16-22(2)18-26-10-6-8-24(39-26)9-7-11-31(36)40-28/h6-8,11-14,22,24-30,32,35H,3,9-10,15-20H2,1-2,4-5H3/b11-7-,13-12+/t22-,24-,25+,26-,27-,28-,29+,30-,32-/m0/s1. The third-order valence-corrected chi connectivity index (χ3v) is 8.04. The van der Waals surface area contributed by atoms with Crippen molar-refractivity contribution in [2.24, 2.45) is 5.92 Å². The van der Waals surface area contributed by atoms with Gasteiger partial charge >= 0.3 is 12.1 Å². The van der Waals surface area contributed by atoms with E-state index in [1.807, 2.05) is 25.2 Å². The third-order valence-electron chi connectivity index (χ3n) is 8.04. The Balaban J connectivity index is 1.51. The van der Waals surface area contributed by atoms with Crippen molar-refractivity contribution < 1.29 is 38.4 Å². The van der Waals surface area contributed by atoms with Gasteiger partial charge in [-0.3, -0.25) is 0 Å². The van der Waals surface area contributed by atoms with Gasteiger partial charge in [0.15, 0.2) is 0 Å². The highest BCUT2D eigenvalue weighted by Gasteiger charge is 2.49. The zero-order valence-electron chi connectivity index (χ0n) is 25.4. The second-order valence-electron chi connectivity index (χ2n) is 12.3. The van der Waals surface area contributed by atoms with Crippen LogP contribution in [0, 0.1) is 5.92 Å². The van der Waals surface area contributed by atoms with Gasteiger partial charge in [0.1, 0.15) is 24.4 Å². The normalized spacial score (nSPS) is 36.1. The molecular formula is C33H47NO8. The van der Waals surface area contributed by atoms with E-state index in [1.165, 1.54) is 16.5 Å². The van der Waals surface area contributed by atoms with E-state index < -0.39 is 36.5 Å². The molecule has 4 heterocycles. The molecule has 2 bridgehead atoms. The summed E-state index contributed by atoms with van der Waals surface area (Å²) < 4.78 is 29.6. The van der Waals surface area contributed by atoms with Gasteiger partial charge in [-0.2, -0.15) is 0 Å². The molecule has 0 aromatic rings. The van der Waals surface area contributed by atoms with Crippen molar-refractivity contribution in [3.05, 3.63) is 60.3 Å². The van der Waals surface area contributed by atoms with E-state index in [0.717, 1.165) is 31.3 Å². The molecule has 1 amide bonds. The SMILES string of the molecule is C=C1C[C@H](C)C[C@@H]2CC=C[C@@H](C/C=C\C(=O)O[C@H]([C@@H](O)/C=C/[C@@H]3CC(C)=CCO3)C[C@@H]3O[C@H]3[C@H](OC(=O)N(C)C)C1)O2. The molecule has 1 N–H and O–H groups in total. The van der Waals surface area contributed by atoms with Gasteiger partial charge < -0.3 is 33.7 Å². The molecule has 0 unspecified atom stereocenters. The Morgan fingerprint density at radius 3 is 2.74 bits per heavy atom. The maximum atomic E-state index is 12.8. The second kappa shape index (κ2) is 15.1. The van der Waals surface area contributed by atoms with Crippen molar-refractivity contribution in [1.82, 2.24) is 4.90 Å². The molecule has 9 atom stereocenters. The number of esters is 1. The summed E-state index contributed by atoms with van der Waals surface area (Å²) in [6.07, 6.45) is 13.4. The van der Waals surface area contributed by atoms with Gasteiger partial charge in [-0.1, -0.05) is 61.1 Å². The number of aliphatic hydroxyl groups is 1. The molecule has 4 aliphatic rings. The van der Waals surface area contributed by atoms with Crippen LogP contribution in [0.5, 0.6) is 0 Å². The molecule has 0 saturated carbocycles. The van der Waals surface area contributed by atoms with E-state index in [9.17, 15) is 14.7 Å². The average molecular weight is 586 g/mol. The van der Waals surface area contributed by atoms with Gasteiger partial charge in [0.25, 0.3) is 0 Å². The average Bonchev–Trinajstić information content (AvgIpc) is 3.69. The second-order valence-corrected chi connectivity index (χ2v) is 12.3. The minimum Gasteiger partial charge on any atom is -0.456 e. The lowest BCUT2D eigenvalue weighted by atomic mass is 9.90. The number of fused-ring (bicyclic) bond motifs is 3. The minimum absolute atomic E-state index is 0.0827. The van der Waals surface area contributed by atoms with Gasteiger partial charge in [-0.15, -0.1) is 0 Å². The summed E-state index contributed by atoms with van der Waals surface area (Å²) in [6.45, 7) is 9.05. The molecule has 232 valence electrons. The maximum absolute atomic E-state index is 12.8. The van der Waals surface area contributed by atoms with Crippen LogP contribution in [0.15, 0.2) is 60.3 Å². The van der Waals surface area contributed by atoms with Gasteiger partial charge in [-0.05, 0) is 44.9 Å². The first-order valence-electron chi connectivity index (χ1n) is 15.1. The van der Waals surface area contributed by atoms with Gasteiger partial charge in [-0.25, -0.2) is 9.59 Å². The Labute approximate surface area is 249 Å². The van der Waals surface area contributed by atoms with E-state index in [1.54, 1.807) is 26.2 Å².